The Morgan fingerprint density at radius 2 is 1.41 bits per heavy atom. The van der Waals surface area contributed by atoms with Crippen molar-refractivity contribution in [3.05, 3.63) is 28.7 Å². The fraction of sp³-hybridized carbons (Fsp3) is 0.652. The first-order valence-corrected chi connectivity index (χ1v) is 14.0. The predicted octanol–water partition coefficient (Wildman–Crippen LogP) is 3.77. The monoisotopic (exact) mass is 527 g/mol. The van der Waals surface area contributed by atoms with E-state index >= 15 is 0 Å². The van der Waals surface area contributed by atoms with Crippen LogP contribution in [0.5, 0.6) is 0 Å². The fourth-order valence-electron chi connectivity index (χ4n) is 4.48. The number of carbonyl (C=O) groups excluding carboxylic acids is 2. The van der Waals surface area contributed by atoms with E-state index < -0.39 is 16.1 Å². The quantitative estimate of drug-likeness (QED) is 0.454. The molecule has 0 bridgehead atoms. The lowest BCUT2D eigenvalue weighted by atomic mass is 9.95. The molecular weight excluding hydrogens is 494 g/mol. The van der Waals surface area contributed by atoms with Crippen LogP contribution in [0.4, 0.5) is 0 Å². The maximum absolute atomic E-state index is 13.0. The molecule has 0 radical (unpaired) electrons. The molecule has 0 saturated heterocycles. The Hall–Kier alpha value is -1.45. The Morgan fingerprint density at radius 3 is 1.97 bits per heavy atom. The number of rotatable bonds is 9. The number of carbonyl (C=O) groups is 2. The number of halogens is 1. The summed E-state index contributed by atoms with van der Waals surface area (Å²) in [4.78, 5) is 25.6. The number of amides is 2. The van der Waals surface area contributed by atoms with Gasteiger partial charge in [0.05, 0.1) is 4.90 Å². The molecule has 0 heterocycles. The normalized spacial score (nSPS) is 19.3. The van der Waals surface area contributed by atoms with E-state index in [1.54, 1.807) is 12.1 Å². The van der Waals surface area contributed by atoms with Gasteiger partial charge in [-0.3, -0.25) is 9.59 Å². The van der Waals surface area contributed by atoms with Gasteiger partial charge in [0.1, 0.15) is 6.04 Å². The molecule has 2 amide bonds. The van der Waals surface area contributed by atoms with Gasteiger partial charge in [-0.2, -0.15) is 4.72 Å². The van der Waals surface area contributed by atoms with Crippen molar-refractivity contribution in [1.82, 2.24) is 15.4 Å². The smallest absolute Gasteiger partial charge is 0.241 e. The van der Waals surface area contributed by atoms with Crippen LogP contribution in [0, 0.1) is 0 Å². The third-order valence-electron chi connectivity index (χ3n) is 6.32. The van der Waals surface area contributed by atoms with E-state index in [0.29, 0.717) is 0 Å². The van der Waals surface area contributed by atoms with E-state index in [2.05, 4.69) is 31.3 Å². The molecule has 2 aliphatic carbocycles. The molecule has 0 aliphatic heterocycles. The van der Waals surface area contributed by atoms with Gasteiger partial charge in [0, 0.05) is 23.0 Å². The first-order valence-electron chi connectivity index (χ1n) is 11.7. The number of benzene rings is 1. The maximum Gasteiger partial charge on any atom is 0.241 e. The second-order valence-electron chi connectivity index (χ2n) is 8.91. The van der Waals surface area contributed by atoms with Gasteiger partial charge in [0.15, 0.2) is 0 Å². The minimum Gasteiger partial charge on any atom is -0.353 e. The van der Waals surface area contributed by atoms with Crippen LogP contribution < -0.4 is 15.4 Å². The van der Waals surface area contributed by atoms with Gasteiger partial charge in [-0.25, -0.2) is 8.42 Å². The molecule has 2 fully saturated rings. The van der Waals surface area contributed by atoms with Crippen molar-refractivity contribution in [3.8, 4) is 0 Å². The van der Waals surface area contributed by atoms with Crippen molar-refractivity contribution >= 4 is 37.8 Å². The minimum absolute atomic E-state index is 0.0620. The summed E-state index contributed by atoms with van der Waals surface area (Å²) < 4.78 is 29.1. The Labute approximate surface area is 199 Å². The highest BCUT2D eigenvalue weighted by molar-refractivity contribution is 9.10. The highest BCUT2D eigenvalue weighted by atomic mass is 79.9. The number of hydrogen-bond donors (Lipinski definition) is 3. The molecule has 3 N–H and O–H groups in total. The molecular formula is C23H34BrN3O4S. The summed E-state index contributed by atoms with van der Waals surface area (Å²) in [5.41, 5.74) is 0. The van der Waals surface area contributed by atoms with Crippen molar-refractivity contribution < 1.29 is 18.0 Å². The highest BCUT2D eigenvalue weighted by Crippen LogP contribution is 2.20. The molecule has 32 heavy (non-hydrogen) atoms. The summed E-state index contributed by atoms with van der Waals surface area (Å²) in [6.07, 6.45) is 10.7. The van der Waals surface area contributed by atoms with Crippen LogP contribution in [-0.2, 0) is 19.6 Å². The lowest BCUT2D eigenvalue weighted by Gasteiger charge is -2.26. The van der Waals surface area contributed by atoms with Crippen LogP contribution in [0.3, 0.4) is 0 Å². The van der Waals surface area contributed by atoms with Crippen LogP contribution >= 0.6 is 15.9 Å². The molecule has 1 atom stereocenters. The second-order valence-corrected chi connectivity index (χ2v) is 11.5. The van der Waals surface area contributed by atoms with Gasteiger partial charge in [0.2, 0.25) is 21.8 Å². The number of hydrogen-bond acceptors (Lipinski definition) is 4. The van der Waals surface area contributed by atoms with Crippen LogP contribution in [0.2, 0.25) is 0 Å². The standard InChI is InChI=1S/C23H34BrN3O4S/c24-17-11-13-20(14-12-17)32(30,31)27-21(23(29)26-19-9-5-2-6-10-19)15-16-22(28)25-18-7-3-1-4-8-18/h11-14,18-19,21,27H,1-10,15-16H2,(H,25,28)(H,26,29)/t21-/m0/s1. The Morgan fingerprint density at radius 1 is 0.875 bits per heavy atom. The second kappa shape index (κ2) is 12.1. The summed E-state index contributed by atoms with van der Waals surface area (Å²) in [5.74, 6) is -0.488. The summed E-state index contributed by atoms with van der Waals surface area (Å²) in [5, 5.41) is 6.04. The summed E-state index contributed by atoms with van der Waals surface area (Å²) in [6, 6.07) is 5.50. The summed E-state index contributed by atoms with van der Waals surface area (Å²) in [7, 11) is -3.90. The van der Waals surface area contributed by atoms with Crippen LogP contribution in [0.1, 0.15) is 77.0 Å². The molecule has 0 aromatic heterocycles. The van der Waals surface area contributed by atoms with E-state index in [4.69, 9.17) is 0 Å². The van der Waals surface area contributed by atoms with E-state index in [1.165, 1.54) is 18.6 Å². The SMILES string of the molecule is O=C(CC[C@H](NS(=O)(=O)c1ccc(Br)cc1)C(=O)NC1CCCCC1)NC1CCCCC1. The Balaban J connectivity index is 1.64. The first kappa shape index (κ1) is 25.2. The molecule has 0 unspecified atom stereocenters. The van der Waals surface area contributed by atoms with Crippen molar-refractivity contribution in [2.24, 2.45) is 0 Å². The first-order chi connectivity index (χ1) is 15.3. The maximum atomic E-state index is 13.0. The fourth-order valence-corrected chi connectivity index (χ4v) is 5.98. The molecule has 2 aliphatic rings. The highest BCUT2D eigenvalue weighted by Gasteiger charge is 2.28. The number of sulfonamides is 1. The third-order valence-corrected chi connectivity index (χ3v) is 8.34. The molecule has 9 heteroatoms. The lowest BCUT2D eigenvalue weighted by Crippen LogP contribution is -2.50. The third kappa shape index (κ3) is 7.85. The lowest BCUT2D eigenvalue weighted by molar-refractivity contribution is -0.124. The van der Waals surface area contributed by atoms with E-state index in [9.17, 15) is 18.0 Å². The topological polar surface area (TPSA) is 104 Å². The van der Waals surface area contributed by atoms with Crippen LogP contribution in [0.25, 0.3) is 0 Å². The van der Waals surface area contributed by atoms with Crippen molar-refractivity contribution in [1.29, 1.82) is 0 Å². The van der Waals surface area contributed by atoms with Gasteiger partial charge in [0.25, 0.3) is 0 Å². The van der Waals surface area contributed by atoms with Gasteiger partial charge in [-0.05, 0) is 56.4 Å². The zero-order valence-corrected chi connectivity index (χ0v) is 20.8. The van der Waals surface area contributed by atoms with Gasteiger partial charge in [-0.15, -0.1) is 0 Å². The number of nitrogens with one attached hydrogen (secondary N) is 3. The molecule has 1 aromatic carbocycles. The van der Waals surface area contributed by atoms with Crippen LogP contribution in [-0.4, -0.2) is 38.4 Å². The average Bonchev–Trinajstić information content (AvgIpc) is 2.78. The molecule has 0 spiro atoms. The molecule has 178 valence electrons. The molecule has 3 rings (SSSR count). The molecule has 7 nitrogen and oxygen atoms in total. The van der Waals surface area contributed by atoms with Crippen molar-refractivity contribution in [2.45, 2.75) is 100 Å². The molecule has 1 aromatic rings. The minimum atomic E-state index is -3.90. The summed E-state index contributed by atoms with van der Waals surface area (Å²) in [6.45, 7) is 0. The van der Waals surface area contributed by atoms with Crippen molar-refractivity contribution in [2.75, 3.05) is 0 Å². The van der Waals surface area contributed by atoms with E-state index in [-0.39, 0.29) is 41.6 Å². The van der Waals surface area contributed by atoms with Gasteiger partial charge < -0.3 is 10.6 Å². The van der Waals surface area contributed by atoms with E-state index in [0.717, 1.165) is 62.3 Å². The largest absolute Gasteiger partial charge is 0.353 e. The zero-order chi connectivity index (χ0) is 23.0. The van der Waals surface area contributed by atoms with Gasteiger partial charge >= 0.3 is 0 Å². The Bertz CT molecular complexity index is 864. The zero-order valence-electron chi connectivity index (χ0n) is 18.4. The summed E-state index contributed by atoms with van der Waals surface area (Å²) >= 11 is 3.30. The van der Waals surface area contributed by atoms with Crippen LogP contribution in [0.15, 0.2) is 33.6 Å². The Kier molecular flexibility index (Phi) is 9.55. The van der Waals surface area contributed by atoms with Gasteiger partial charge in [-0.1, -0.05) is 54.5 Å². The molecule has 2 saturated carbocycles. The predicted molar refractivity (Wildman–Crippen MR) is 128 cm³/mol. The van der Waals surface area contributed by atoms with Crippen molar-refractivity contribution in [3.63, 3.8) is 0 Å². The average molecular weight is 529 g/mol. The van der Waals surface area contributed by atoms with E-state index in [1.807, 2.05) is 0 Å².